The van der Waals surface area contributed by atoms with Gasteiger partial charge in [0.1, 0.15) is 12.0 Å². The topological polar surface area (TPSA) is 32.8 Å². The van der Waals surface area contributed by atoms with E-state index in [1.807, 2.05) is 47.2 Å². The lowest BCUT2D eigenvalue weighted by molar-refractivity contribution is -0.104. The highest BCUT2D eigenvalue weighted by molar-refractivity contribution is 5.72. The number of rotatable bonds is 9. The van der Waals surface area contributed by atoms with Gasteiger partial charge >= 0.3 is 0 Å². The predicted molar refractivity (Wildman–Crippen MR) is 139 cm³/mol. The smallest absolute Gasteiger partial charge is 0.145 e. The molecule has 0 spiro atoms. The van der Waals surface area contributed by atoms with Crippen molar-refractivity contribution in [2.75, 3.05) is 45.1 Å². The molecule has 3 aromatic carbocycles. The second-order valence-corrected chi connectivity index (χ2v) is 8.78. The van der Waals surface area contributed by atoms with Gasteiger partial charge in [-0.05, 0) is 65.6 Å². The van der Waals surface area contributed by atoms with Crippen molar-refractivity contribution in [3.05, 3.63) is 101 Å². The van der Waals surface area contributed by atoms with Crippen LogP contribution >= 0.6 is 0 Å². The van der Waals surface area contributed by atoms with E-state index in [0.717, 1.165) is 34.5 Å². The molecule has 33 heavy (non-hydrogen) atoms. The molecule has 0 fully saturated rings. The minimum atomic E-state index is -0.0171. The van der Waals surface area contributed by atoms with Gasteiger partial charge in [0.25, 0.3) is 0 Å². The Labute approximate surface area is 198 Å². The van der Waals surface area contributed by atoms with Crippen molar-refractivity contribution in [2.45, 2.75) is 18.8 Å². The zero-order valence-electron chi connectivity index (χ0n) is 20.4. The Hall–Kier alpha value is -3.53. The number of hydrogen-bond donors (Lipinski definition) is 0. The summed E-state index contributed by atoms with van der Waals surface area (Å²) in [5, 5.41) is 0. The molecule has 0 saturated carbocycles. The highest BCUT2D eigenvalue weighted by Crippen LogP contribution is 2.41. The lowest BCUT2D eigenvalue weighted by Crippen LogP contribution is -2.14. The number of anilines is 2. The van der Waals surface area contributed by atoms with Crippen molar-refractivity contribution in [2.24, 2.45) is 0 Å². The fraction of sp³-hybridized carbons (Fsp3) is 0.276. The van der Waals surface area contributed by atoms with Crippen molar-refractivity contribution >= 4 is 17.7 Å². The molecule has 0 radical (unpaired) electrons. The summed E-state index contributed by atoms with van der Waals surface area (Å²) in [5.41, 5.74) is 6.57. The molecule has 3 rings (SSSR count). The number of aldehydes is 1. The largest absolute Gasteiger partial charge is 0.497 e. The second-order valence-electron chi connectivity index (χ2n) is 8.78. The van der Waals surface area contributed by atoms with Crippen LogP contribution in [0.5, 0.6) is 5.75 Å². The van der Waals surface area contributed by atoms with Crippen LogP contribution in [-0.4, -0.2) is 41.6 Å². The van der Waals surface area contributed by atoms with Crippen LogP contribution in [0.2, 0.25) is 0 Å². The number of carbonyl (C=O) groups excluding carboxylic acids is 1. The first-order chi connectivity index (χ1) is 15.8. The molecule has 0 heterocycles. The number of methoxy groups -OCH3 is 1. The van der Waals surface area contributed by atoms with Gasteiger partial charge in [0.15, 0.2) is 0 Å². The first-order valence-electron chi connectivity index (χ1n) is 11.2. The van der Waals surface area contributed by atoms with Gasteiger partial charge in [0.2, 0.25) is 0 Å². The summed E-state index contributed by atoms with van der Waals surface area (Å²) in [6.07, 6.45) is 3.01. The fourth-order valence-corrected chi connectivity index (χ4v) is 4.10. The van der Waals surface area contributed by atoms with Crippen LogP contribution in [0.4, 0.5) is 11.4 Å². The fourth-order valence-electron chi connectivity index (χ4n) is 4.10. The summed E-state index contributed by atoms with van der Waals surface area (Å²) in [5.74, 6) is 0.841. The van der Waals surface area contributed by atoms with Crippen LogP contribution in [0.1, 0.15) is 35.4 Å². The third-order valence-electron chi connectivity index (χ3n) is 6.03. The molecular weight excluding hydrogens is 408 g/mol. The summed E-state index contributed by atoms with van der Waals surface area (Å²) in [6.45, 7) is 1.87. The molecule has 0 saturated heterocycles. The molecule has 3 aromatic rings. The molecule has 0 aromatic heterocycles. The SMILES string of the molecule is COc1ccc([C@H](/C=C(/C)C=O)C(c2ccc(N(C)C)cc2)c2ccc(N(C)C)cc2)cc1. The van der Waals surface area contributed by atoms with E-state index < -0.39 is 0 Å². The highest BCUT2D eigenvalue weighted by atomic mass is 16.5. The predicted octanol–water partition coefficient (Wildman–Crippen LogP) is 5.89. The van der Waals surface area contributed by atoms with Crippen LogP contribution in [0, 0.1) is 0 Å². The van der Waals surface area contributed by atoms with Crippen molar-refractivity contribution in [3.63, 3.8) is 0 Å². The third-order valence-corrected chi connectivity index (χ3v) is 6.03. The van der Waals surface area contributed by atoms with E-state index in [4.69, 9.17) is 4.74 Å². The molecule has 0 bridgehead atoms. The van der Waals surface area contributed by atoms with Gasteiger partial charge in [-0.25, -0.2) is 0 Å². The molecule has 0 aliphatic rings. The zero-order valence-corrected chi connectivity index (χ0v) is 20.4. The average molecular weight is 443 g/mol. The van der Waals surface area contributed by atoms with Crippen molar-refractivity contribution < 1.29 is 9.53 Å². The number of nitrogens with zero attached hydrogens (tertiary/aromatic N) is 2. The molecule has 0 aliphatic heterocycles. The standard InChI is InChI=1S/C29H34N2O2/c1-21(20-32)19-28(22-11-17-27(33-6)18-12-22)29(23-7-13-25(14-8-23)30(2)3)24-9-15-26(16-10-24)31(4)5/h7-20,28-29H,1-6H3/b21-19-/t28-/m0/s1. The average Bonchev–Trinajstić information content (AvgIpc) is 2.84. The maximum absolute atomic E-state index is 11.6. The molecule has 4 heteroatoms. The molecule has 0 amide bonds. The summed E-state index contributed by atoms with van der Waals surface area (Å²) in [4.78, 5) is 15.8. The van der Waals surface area contributed by atoms with Gasteiger partial charge in [0, 0.05) is 51.4 Å². The minimum absolute atomic E-state index is 0.0171. The summed E-state index contributed by atoms with van der Waals surface area (Å²) < 4.78 is 5.37. The maximum atomic E-state index is 11.6. The van der Waals surface area contributed by atoms with Crippen molar-refractivity contribution in [1.82, 2.24) is 0 Å². The van der Waals surface area contributed by atoms with Gasteiger partial charge in [-0.15, -0.1) is 0 Å². The molecule has 0 unspecified atom stereocenters. The number of allylic oxidation sites excluding steroid dienone is 2. The molecule has 172 valence electrons. The first kappa shape index (κ1) is 24.1. The molecule has 0 aliphatic carbocycles. The Morgan fingerprint density at radius 1 is 0.727 bits per heavy atom. The van der Waals surface area contributed by atoms with Crippen LogP contribution in [0.15, 0.2) is 84.4 Å². The molecular formula is C29H34N2O2. The third kappa shape index (κ3) is 5.83. The van der Waals surface area contributed by atoms with E-state index in [2.05, 4.69) is 76.5 Å². The van der Waals surface area contributed by atoms with E-state index in [1.165, 1.54) is 11.1 Å². The van der Waals surface area contributed by atoms with E-state index in [0.29, 0.717) is 0 Å². The van der Waals surface area contributed by atoms with Gasteiger partial charge in [0.05, 0.1) is 7.11 Å². The quantitative estimate of drug-likeness (QED) is 0.306. The van der Waals surface area contributed by atoms with E-state index in [-0.39, 0.29) is 11.8 Å². The maximum Gasteiger partial charge on any atom is 0.145 e. The molecule has 1 atom stereocenters. The number of carbonyl (C=O) groups is 1. The van der Waals surface area contributed by atoms with Crippen LogP contribution in [0.25, 0.3) is 0 Å². The number of ether oxygens (including phenoxy) is 1. The minimum Gasteiger partial charge on any atom is -0.497 e. The summed E-state index contributed by atoms with van der Waals surface area (Å²) in [6, 6.07) is 25.5. The summed E-state index contributed by atoms with van der Waals surface area (Å²) in [7, 11) is 9.85. The number of hydrogen-bond acceptors (Lipinski definition) is 4. The zero-order chi connectivity index (χ0) is 24.0. The van der Waals surface area contributed by atoms with Gasteiger partial charge in [-0.1, -0.05) is 42.5 Å². The lowest BCUT2D eigenvalue weighted by atomic mass is 9.76. The monoisotopic (exact) mass is 442 g/mol. The number of benzene rings is 3. The van der Waals surface area contributed by atoms with E-state index in [1.54, 1.807) is 7.11 Å². The molecule has 4 nitrogen and oxygen atoms in total. The Bertz CT molecular complexity index is 1010. The van der Waals surface area contributed by atoms with Gasteiger partial charge < -0.3 is 14.5 Å². The van der Waals surface area contributed by atoms with Crippen LogP contribution < -0.4 is 14.5 Å². The van der Waals surface area contributed by atoms with Crippen LogP contribution in [-0.2, 0) is 4.79 Å². The van der Waals surface area contributed by atoms with Gasteiger partial charge in [-0.3, -0.25) is 4.79 Å². The Morgan fingerprint density at radius 2 is 1.15 bits per heavy atom. The van der Waals surface area contributed by atoms with E-state index in [9.17, 15) is 4.79 Å². The normalized spacial score (nSPS) is 12.4. The second kappa shape index (κ2) is 10.9. The van der Waals surface area contributed by atoms with Crippen molar-refractivity contribution in [1.29, 1.82) is 0 Å². The van der Waals surface area contributed by atoms with Crippen LogP contribution in [0.3, 0.4) is 0 Å². The van der Waals surface area contributed by atoms with Gasteiger partial charge in [-0.2, -0.15) is 0 Å². The van der Waals surface area contributed by atoms with E-state index >= 15 is 0 Å². The van der Waals surface area contributed by atoms with Crippen molar-refractivity contribution in [3.8, 4) is 5.75 Å². The molecule has 0 N–H and O–H groups in total. The highest BCUT2D eigenvalue weighted by Gasteiger charge is 2.26. The Kier molecular flexibility index (Phi) is 7.94. The summed E-state index contributed by atoms with van der Waals surface area (Å²) >= 11 is 0. The first-order valence-corrected chi connectivity index (χ1v) is 11.2. The lowest BCUT2D eigenvalue weighted by Gasteiger charge is -2.28. The Morgan fingerprint density at radius 3 is 1.52 bits per heavy atom. The Balaban J connectivity index is 2.18.